The van der Waals surface area contributed by atoms with E-state index < -0.39 is 10.3 Å². The van der Waals surface area contributed by atoms with E-state index in [-0.39, 0.29) is 23.3 Å². The minimum Gasteiger partial charge on any atom is -0.482 e. The van der Waals surface area contributed by atoms with Crippen molar-refractivity contribution in [2.75, 3.05) is 0 Å². The van der Waals surface area contributed by atoms with Crippen LogP contribution in [0.1, 0.15) is 25.8 Å². The fraction of sp³-hybridized carbons (Fsp3) is 0.462. The molecule has 5 nitrogen and oxygen atoms in total. The SMILES string of the molecule is Cc1cc(Br)cc([N+](=O)[O-])c1OC1CC(=O)C1(C)C. The largest absolute Gasteiger partial charge is 0.482 e. The molecule has 0 saturated heterocycles. The van der Waals surface area contributed by atoms with Gasteiger partial charge in [-0.3, -0.25) is 14.9 Å². The van der Waals surface area contributed by atoms with Crippen LogP contribution in [0.3, 0.4) is 0 Å². The summed E-state index contributed by atoms with van der Waals surface area (Å²) in [5.74, 6) is 0.369. The number of rotatable bonds is 3. The average molecular weight is 328 g/mol. The molecule has 0 heterocycles. The van der Waals surface area contributed by atoms with Crippen LogP contribution in [0.4, 0.5) is 5.69 Å². The Kier molecular flexibility index (Phi) is 3.38. The Morgan fingerprint density at radius 2 is 2.11 bits per heavy atom. The third-order valence-corrected chi connectivity index (χ3v) is 4.03. The van der Waals surface area contributed by atoms with Gasteiger partial charge < -0.3 is 4.74 Å². The molecular weight excluding hydrogens is 314 g/mol. The number of hydrogen-bond acceptors (Lipinski definition) is 4. The number of ketones is 1. The summed E-state index contributed by atoms with van der Waals surface area (Å²) >= 11 is 3.23. The van der Waals surface area contributed by atoms with Crippen molar-refractivity contribution in [1.29, 1.82) is 0 Å². The zero-order valence-electron chi connectivity index (χ0n) is 10.9. The van der Waals surface area contributed by atoms with Gasteiger partial charge in [-0.05, 0) is 32.4 Å². The lowest BCUT2D eigenvalue weighted by Gasteiger charge is -2.41. The number of benzene rings is 1. The van der Waals surface area contributed by atoms with Crippen molar-refractivity contribution in [2.24, 2.45) is 5.41 Å². The van der Waals surface area contributed by atoms with Crippen LogP contribution in [0, 0.1) is 22.5 Å². The molecule has 1 aromatic rings. The Balaban J connectivity index is 2.35. The summed E-state index contributed by atoms with van der Waals surface area (Å²) < 4.78 is 6.36. The van der Waals surface area contributed by atoms with Gasteiger partial charge in [0.1, 0.15) is 11.9 Å². The van der Waals surface area contributed by atoms with E-state index in [9.17, 15) is 14.9 Å². The summed E-state index contributed by atoms with van der Waals surface area (Å²) in [4.78, 5) is 22.1. The van der Waals surface area contributed by atoms with E-state index in [1.54, 1.807) is 26.8 Å². The van der Waals surface area contributed by atoms with Gasteiger partial charge in [0, 0.05) is 17.0 Å². The maximum Gasteiger partial charge on any atom is 0.312 e. The highest BCUT2D eigenvalue weighted by Gasteiger charge is 2.49. The summed E-state index contributed by atoms with van der Waals surface area (Å²) in [6, 6.07) is 3.17. The van der Waals surface area contributed by atoms with Crippen molar-refractivity contribution in [2.45, 2.75) is 33.3 Å². The van der Waals surface area contributed by atoms with Crippen molar-refractivity contribution in [3.8, 4) is 5.75 Å². The molecule has 0 amide bonds. The topological polar surface area (TPSA) is 69.4 Å². The Bertz CT molecular complexity index is 568. The third-order valence-electron chi connectivity index (χ3n) is 3.57. The molecule has 0 spiro atoms. The van der Waals surface area contributed by atoms with E-state index in [0.29, 0.717) is 16.5 Å². The van der Waals surface area contributed by atoms with Crippen LogP contribution in [0.5, 0.6) is 5.75 Å². The lowest BCUT2D eigenvalue weighted by Crippen LogP contribution is -2.53. The van der Waals surface area contributed by atoms with Gasteiger partial charge in [-0.1, -0.05) is 15.9 Å². The van der Waals surface area contributed by atoms with Gasteiger partial charge in [-0.25, -0.2) is 0 Å². The molecule has 0 N–H and O–H groups in total. The number of nitrogens with zero attached hydrogens (tertiary/aromatic N) is 1. The quantitative estimate of drug-likeness (QED) is 0.630. The van der Waals surface area contributed by atoms with Crippen LogP contribution >= 0.6 is 15.9 Å². The number of halogens is 1. The highest BCUT2D eigenvalue weighted by Crippen LogP contribution is 2.43. The van der Waals surface area contributed by atoms with Gasteiger partial charge in [-0.15, -0.1) is 0 Å². The Hall–Kier alpha value is -1.43. The van der Waals surface area contributed by atoms with Crippen molar-refractivity contribution in [3.05, 3.63) is 32.3 Å². The number of aryl methyl sites for hydroxylation is 1. The molecule has 102 valence electrons. The van der Waals surface area contributed by atoms with E-state index in [1.165, 1.54) is 6.07 Å². The maximum atomic E-state index is 11.5. The summed E-state index contributed by atoms with van der Waals surface area (Å²) in [6.07, 6.45) is -0.00166. The van der Waals surface area contributed by atoms with Gasteiger partial charge >= 0.3 is 5.69 Å². The number of nitro benzene ring substituents is 1. The average Bonchev–Trinajstić information content (AvgIpc) is 2.30. The van der Waals surface area contributed by atoms with Crippen LogP contribution in [-0.4, -0.2) is 16.8 Å². The first-order valence-electron chi connectivity index (χ1n) is 5.88. The molecule has 1 fully saturated rings. The van der Waals surface area contributed by atoms with Crippen LogP contribution < -0.4 is 4.74 Å². The zero-order chi connectivity index (χ0) is 14.4. The van der Waals surface area contributed by atoms with E-state index in [4.69, 9.17) is 4.74 Å². The lowest BCUT2D eigenvalue weighted by atomic mass is 9.68. The highest BCUT2D eigenvalue weighted by atomic mass is 79.9. The number of ether oxygens (including phenoxy) is 1. The number of Topliss-reactive ketones (excluding diaryl/α,β-unsaturated/α-hetero) is 1. The van der Waals surface area contributed by atoms with Crippen LogP contribution in [0.25, 0.3) is 0 Å². The smallest absolute Gasteiger partial charge is 0.312 e. The molecule has 1 aliphatic rings. The summed E-state index contributed by atoms with van der Waals surface area (Å²) in [7, 11) is 0. The molecule has 19 heavy (non-hydrogen) atoms. The molecule has 2 rings (SSSR count). The fourth-order valence-corrected chi connectivity index (χ4v) is 2.63. The minimum atomic E-state index is -0.576. The van der Waals surface area contributed by atoms with E-state index in [1.807, 2.05) is 0 Å². The Morgan fingerprint density at radius 1 is 1.47 bits per heavy atom. The molecule has 0 aliphatic heterocycles. The van der Waals surface area contributed by atoms with E-state index in [2.05, 4.69) is 15.9 Å². The zero-order valence-corrected chi connectivity index (χ0v) is 12.5. The Labute approximate surface area is 119 Å². The number of nitro groups is 1. The van der Waals surface area contributed by atoms with Crippen LogP contribution in [0.15, 0.2) is 16.6 Å². The molecule has 1 unspecified atom stereocenters. The van der Waals surface area contributed by atoms with Gasteiger partial charge in [0.2, 0.25) is 0 Å². The highest BCUT2D eigenvalue weighted by molar-refractivity contribution is 9.10. The molecule has 0 bridgehead atoms. The molecule has 6 heteroatoms. The van der Waals surface area contributed by atoms with Crippen LogP contribution in [-0.2, 0) is 4.79 Å². The lowest BCUT2D eigenvalue weighted by molar-refractivity contribution is -0.386. The maximum absolute atomic E-state index is 11.5. The normalized spacial score (nSPS) is 20.8. The second-order valence-electron chi connectivity index (χ2n) is 5.28. The molecule has 1 aromatic carbocycles. The van der Waals surface area contributed by atoms with Gasteiger partial charge in [-0.2, -0.15) is 0 Å². The van der Waals surface area contributed by atoms with E-state index in [0.717, 1.165) is 0 Å². The third kappa shape index (κ3) is 2.36. The van der Waals surface area contributed by atoms with Crippen LogP contribution in [0.2, 0.25) is 0 Å². The summed E-state index contributed by atoms with van der Waals surface area (Å²) in [5.41, 5.74) is 0.0196. The number of carbonyl (C=O) groups excluding carboxylic acids is 1. The van der Waals surface area contributed by atoms with Gasteiger partial charge in [0.25, 0.3) is 0 Å². The van der Waals surface area contributed by atoms with Crippen molar-refractivity contribution in [3.63, 3.8) is 0 Å². The van der Waals surface area contributed by atoms with Gasteiger partial charge in [0.15, 0.2) is 5.75 Å². The fourth-order valence-electron chi connectivity index (χ4n) is 2.07. The van der Waals surface area contributed by atoms with Crippen molar-refractivity contribution in [1.82, 2.24) is 0 Å². The summed E-state index contributed by atoms with van der Waals surface area (Å²) in [6.45, 7) is 5.34. The molecule has 0 radical (unpaired) electrons. The monoisotopic (exact) mass is 327 g/mol. The minimum absolute atomic E-state index is 0.0815. The molecule has 1 saturated carbocycles. The first kappa shape index (κ1) is 14.0. The predicted molar refractivity (Wildman–Crippen MR) is 73.4 cm³/mol. The molecule has 0 aromatic heterocycles. The van der Waals surface area contributed by atoms with Crippen molar-refractivity contribution < 1.29 is 14.5 Å². The summed E-state index contributed by atoms with van der Waals surface area (Å²) in [5, 5.41) is 11.1. The molecule has 1 aliphatic carbocycles. The van der Waals surface area contributed by atoms with E-state index >= 15 is 0 Å². The number of hydrogen-bond donors (Lipinski definition) is 0. The standard InChI is InChI=1S/C13H14BrNO4/c1-7-4-8(14)5-9(15(17)18)12(7)19-11-6-10(16)13(11,2)3/h4-5,11H,6H2,1-3H3. The molecule has 1 atom stereocenters. The first-order valence-corrected chi connectivity index (χ1v) is 6.67. The second kappa shape index (κ2) is 4.59. The van der Waals surface area contributed by atoms with Crippen molar-refractivity contribution >= 4 is 27.4 Å². The second-order valence-corrected chi connectivity index (χ2v) is 6.20. The number of carbonyl (C=O) groups is 1. The Morgan fingerprint density at radius 3 is 2.58 bits per heavy atom. The molecular formula is C13H14BrNO4. The first-order chi connectivity index (χ1) is 8.73. The predicted octanol–water partition coefficient (Wildman–Crippen LogP) is 3.41. The van der Waals surface area contributed by atoms with Gasteiger partial charge in [0.05, 0.1) is 10.3 Å².